The monoisotopic (exact) mass is 300 g/mol. The summed E-state index contributed by atoms with van der Waals surface area (Å²) in [7, 11) is 0. The van der Waals surface area contributed by atoms with Gasteiger partial charge < -0.3 is 11.1 Å². The first kappa shape index (κ1) is 13.6. The molecule has 106 valence electrons. The Morgan fingerprint density at radius 1 is 1.19 bits per heavy atom. The van der Waals surface area contributed by atoms with Gasteiger partial charge in [-0.25, -0.2) is 4.39 Å². The van der Waals surface area contributed by atoms with Crippen LogP contribution in [0.25, 0.3) is 10.1 Å². The summed E-state index contributed by atoms with van der Waals surface area (Å²) < 4.78 is 13.8. The fourth-order valence-corrected chi connectivity index (χ4v) is 3.23. The van der Waals surface area contributed by atoms with Crippen molar-refractivity contribution in [1.29, 1.82) is 0 Å². The number of nitrogens with two attached hydrogens (primary N) is 1. The number of nitrogen functional groups attached to an aromatic ring is 1. The molecule has 3 nitrogen and oxygen atoms in total. The largest absolute Gasteiger partial charge is 0.397 e. The Hall–Kier alpha value is -2.40. The van der Waals surface area contributed by atoms with Crippen molar-refractivity contribution >= 4 is 38.7 Å². The highest BCUT2D eigenvalue weighted by molar-refractivity contribution is 7.21. The number of anilines is 2. The van der Waals surface area contributed by atoms with Gasteiger partial charge in [-0.1, -0.05) is 12.1 Å². The van der Waals surface area contributed by atoms with Crippen molar-refractivity contribution in [2.75, 3.05) is 11.1 Å². The molecule has 3 aromatic rings. The van der Waals surface area contributed by atoms with Crippen LogP contribution in [0.15, 0.2) is 42.5 Å². The summed E-state index contributed by atoms with van der Waals surface area (Å²) in [6.45, 7) is 1.99. The van der Waals surface area contributed by atoms with E-state index in [0.29, 0.717) is 16.3 Å². The maximum Gasteiger partial charge on any atom is 0.267 e. The van der Waals surface area contributed by atoms with Crippen molar-refractivity contribution in [1.82, 2.24) is 0 Å². The molecular formula is C16H13FN2OS. The minimum Gasteiger partial charge on any atom is -0.397 e. The Morgan fingerprint density at radius 3 is 2.62 bits per heavy atom. The number of amides is 1. The minimum atomic E-state index is -0.343. The van der Waals surface area contributed by atoms with Gasteiger partial charge in [0.05, 0.1) is 5.69 Å². The molecule has 2 aromatic carbocycles. The van der Waals surface area contributed by atoms with Crippen LogP contribution in [0.3, 0.4) is 0 Å². The Labute approximate surface area is 125 Å². The first-order valence-electron chi connectivity index (χ1n) is 6.40. The minimum absolute atomic E-state index is 0.280. The Kier molecular flexibility index (Phi) is 3.35. The van der Waals surface area contributed by atoms with Gasteiger partial charge in [-0.2, -0.15) is 0 Å². The topological polar surface area (TPSA) is 55.1 Å². The number of carbonyl (C=O) groups excluding carboxylic acids is 1. The Bertz CT molecular complexity index is 824. The molecular weight excluding hydrogens is 287 g/mol. The molecule has 0 aliphatic rings. The summed E-state index contributed by atoms with van der Waals surface area (Å²) in [4.78, 5) is 12.8. The lowest BCUT2D eigenvalue weighted by Crippen LogP contribution is -2.11. The van der Waals surface area contributed by atoms with Crippen molar-refractivity contribution in [2.24, 2.45) is 0 Å². The number of fused-ring (bicyclic) bond motifs is 1. The fraction of sp³-hybridized carbons (Fsp3) is 0.0625. The third-order valence-corrected chi connectivity index (χ3v) is 4.36. The number of rotatable bonds is 2. The highest BCUT2D eigenvalue weighted by atomic mass is 32.1. The molecule has 0 aliphatic carbocycles. The van der Waals surface area contributed by atoms with Crippen LogP contribution in [0.4, 0.5) is 15.8 Å². The molecule has 21 heavy (non-hydrogen) atoms. The summed E-state index contributed by atoms with van der Waals surface area (Å²) in [5, 5.41) is 3.61. The highest BCUT2D eigenvalue weighted by Gasteiger charge is 2.16. The van der Waals surface area contributed by atoms with Crippen LogP contribution in [-0.4, -0.2) is 5.91 Å². The first-order chi connectivity index (χ1) is 10.0. The van der Waals surface area contributed by atoms with E-state index in [1.165, 1.54) is 35.6 Å². The SMILES string of the molecule is Cc1ccc2c(N)c(C(=O)Nc3ccc(F)cc3)sc2c1. The van der Waals surface area contributed by atoms with Gasteiger partial charge in [0.1, 0.15) is 10.7 Å². The van der Waals surface area contributed by atoms with E-state index in [4.69, 9.17) is 5.73 Å². The smallest absolute Gasteiger partial charge is 0.267 e. The number of nitrogens with one attached hydrogen (secondary N) is 1. The van der Waals surface area contributed by atoms with Crippen molar-refractivity contribution in [3.63, 3.8) is 0 Å². The molecule has 0 bridgehead atoms. The van der Waals surface area contributed by atoms with E-state index >= 15 is 0 Å². The Balaban J connectivity index is 1.94. The number of halogens is 1. The van der Waals surface area contributed by atoms with E-state index < -0.39 is 0 Å². The normalized spacial score (nSPS) is 10.8. The van der Waals surface area contributed by atoms with E-state index in [9.17, 15) is 9.18 Å². The molecule has 0 unspecified atom stereocenters. The van der Waals surface area contributed by atoms with Crippen LogP contribution in [0.2, 0.25) is 0 Å². The first-order valence-corrected chi connectivity index (χ1v) is 7.22. The van der Waals surface area contributed by atoms with Crippen molar-refractivity contribution in [3.8, 4) is 0 Å². The lowest BCUT2D eigenvalue weighted by molar-refractivity contribution is 0.103. The van der Waals surface area contributed by atoms with E-state index in [1.807, 2.05) is 25.1 Å². The third-order valence-electron chi connectivity index (χ3n) is 3.19. The predicted molar refractivity (Wildman–Crippen MR) is 85.3 cm³/mol. The maximum atomic E-state index is 12.9. The average Bonchev–Trinajstić information content (AvgIpc) is 2.78. The lowest BCUT2D eigenvalue weighted by Gasteiger charge is -2.04. The van der Waals surface area contributed by atoms with Gasteiger partial charge in [-0.3, -0.25) is 4.79 Å². The van der Waals surface area contributed by atoms with Gasteiger partial charge in [0.2, 0.25) is 0 Å². The van der Waals surface area contributed by atoms with Crippen LogP contribution in [0.1, 0.15) is 15.2 Å². The second-order valence-electron chi connectivity index (χ2n) is 4.81. The molecule has 0 aliphatic heterocycles. The molecule has 0 spiro atoms. The lowest BCUT2D eigenvalue weighted by atomic mass is 10.1. The molecule has 0 saturated heterocycles. The van der Waals surface area contributed by atoms with Crippen LogP contribution in [-0.2, 0) is 0 Å². The summed E-state index contributed by atoms with van der Waals surface area (Å²) >= 11 is 1.36. The zero-order chi connectivity index (χ0) is 15.0. The number of benzene rings is 2. The maximum absolute atomic E-state index is 12.9. The fourth-order valence-electron chi connectivity index (χ4n) is 2.11. The second-order valence-corrected chi connectivity index (χ2v) is 5.86. The van der Waals surface area contributed by atoms with Crippen LogP contribution in [0, 0.1) is 12.7 Å². The molecule has 0 saturated carbocycles. The van der Waals surface area contributed by atoms with Crippen molar-refractivity contribution in [3.05, 3.63) is 58.7 Å². The Morgan fingerprint density at radius 2 is 1.90 bits per heavy atom. The van der Waals surface area contributed by atoms with E-state index in [1.54, 1.807) is 0 Å². The van der Waals surface area contributed by atoms with Gasteiger partial charge in [-0.05, 0) is 42.8 Å². The molecule has 1 heterocycles. The predicted octanol–water partition coefficient (Wildman–Crippen LogP) is 4.18. The van der Waals surface area contributed by atoms with Crippen molar-refractivity contribution < 1.29 is 9.18 Å². The van der Waals surface area contributed by atoms with Gasteiger partial charge in [-0.15, -0.1) is 11.3 Å². The summed E-state index contributed by atoms with van der Waals surface area (Å²) in [5.74, 6) is -0.622. The van der Waals surface area contributed by atoms with Gasteiger partial charge in [0, 0.05) is 15.8 Å². The standard InChI is InChI=1S/C16H13FN2OS/c1-9-2-7-12-13(8-9)21-15(14(12)18)16(20)19-11-5-3-10(17)4-6-11/h2-8H,18H2,1H3,(H,19,20). The number of thiophene rings is 1. The summed E-state index contributed by atoms with van der Waals surface area (Å²) in [6, 6.07) is 11.5. The third kappa shape index (κ3) is 2.60. The average molecular weight is 300 g/mol. The highest BCUT2D eigenvalue weighted by Crippen LogP contribution is 2.34. The molecule has 1 amide bonds. The molecule has 3 N–H and O–H groups in total. The van der Waals surface area contributed by atoms with Crippen molar-refractivity contribution in [2.45, 2.75) is 6.92 Å². The number of aryl methyl sites for hydroxylation is 1. The summed E-state index contributed by atoms with van der Waals surface area (Å²) in [5.41, 5.74) is 8.19. The zero-order valence-corrected chi connectivity index (χ0v) is 12.1. The molecule has 0 radical (unpaired) electrons. The van der Waals surface area contributed by atoms with E-state index in [0.717, 1.165) is 15.6 Å². The molecule has 0 atom stereocenters. The van der Waals surface area contributed by atoms with Gasteiger partial charge in [0.15, 0.2) is 0 Å². The van der Waals surface area contributed by atoms with Gasteiger partial charge >= 0.3 is 0 Å². The number of carbonyl (C=O) groups is 1. The quantitative estimate of drug-likeness (QED) is 0.746. The molecule has 5 heteroatoms. The van der Waals surface area contributed by atoms with Crippen LogP contribution < -0.4 is 11.1 Å². The van der Waals surface area contributed by atoms with E-state index in [2.05, 4.69) is 5.32 Å². The molecule has 0 fully saturated rings. The zero-order valence-electron chi connectivity index (χ0n) is 11.3. The van der Waals surface area contributed by atoms with E-state index in [-0.39, 0.29) is 11.7 Å². The van der Waals surface area contributed by atoms with Crippen LogP contribution >= 0.6 is 11.3 Å². The number of hydrogen-bond acceptors (Lipinski definition) is 3. The second kappa shape index (κ2) is 5.18. The van der Waals surface area contributed by atoms with Gasteiger partial charge in [0.25, 0.3) is 5.91 Å². The molecule has 1 aromatic heterocycles. The molecule has 3 rings (SSSR count). The number of hydrogen-bond donors (Lipinski definition) is 2. The summed E-state index contributed by atoms with van der Waals surface area (Å²) in [6.07, 6.45) is 0. The van der Waals surface area contributed by atoms with Crippen LogP contribution in [0.5, 0.6) is 0 Å².